The molecule has 1 aliphatic rings. The predicted octanol–water partition coefficient (Wildman–Crippen LogP) is 0.870. The van der Waals surface area contributed by atoms with Crippen LogP contribution in [0.2, 0.25) is 0 Å². The number of amides is 2. The zero-order valence-electron chi connectivity index (χ0n) is 16.1. The van der Waals surface area contributed by atoms with Crippen LogP contribution in [0.5, 0.6) is 11.5 Å². The van der Waals surface area contributed by atoms with Gasteiger partial charge in [0.05, 0.1) is 18.6 Å². The number of benzene rings is 1. The number of carbonyl (C=O) groups excluding carboxylic acids is 2. The molecule has 0 unspecified atom stereocenters. The molecule has 11 nitrogen and oxygen atoms in total. The van der Waals surface area contributed by atoms with Crippen molar-refractivity contribution in [3.05, 3.63) is 18.2 Å². The van der Waals surface area contributed by atoms with Crippen molar-refractivity contribution in [3.63, 3.8) is 0 Å². The van der Waals surface area contributed by atoms with E-state index in [2.05, 4.69) is 20.8 Å². The van der Waals surface area contributed by atoms with Crippen molar-refractivity contribution in [3.8, 4) is 11.5 Å². The fourth-order valence-electron chi connectivity index (χ4n) is 2.24. The molecule has 0 radical (unpaired) electrons. The van der Waals surface area contributed by atoms with E-state index in [9.17, 15) is 18.0 Å². The monoisotopic (exact) mass is 473 g/mol. The Kier molecular flexibility index (Phi) is 7.12. The number of sulfonamides is 1. The molecule has 2 N–H and O–H groups in total. The molecule has 0 fully saturated rings. The number of likely N-dealkylation sites (N-methyl/N-ethyl adjacent to an activating group) is 1. The molecule has 3 rings (SSSR count). The fourth-order valence-corrected chi connectivity index (χ4v) is 4.16. The molecule has 162 valence electrons. The highest BCUT2D eigenvalue weighted by molar-refractivity contribution is 8.01. The summed E-state index contributed by atoms with van der Waals surface area (Å²) in [7, 11) is -2.16. The number of anilines is 2. The maximum atomic E-state index is 12.2. The average Bonchev–Trinajstić information content (AvgIpc) is 3.12. The largest absolute Gasteiger partial charge is 0.486 e. The molecule has 0 spiro atoms. The van der Waals surface area contributed by atoms with Crippen LogP contribution in [0.1, 0.15) is 0 Å². The first-order valence-corrected chi connectivity index (χ1v) is 12.2. The third-order valence-corrected chi connectivity index (χ3v) is 6.97. The Morgan fingerprint density at radius 2 is 1.90 bits per heavy atom. The van der Waals surface area contributed by atoms with E-state index in [-0.39, 0.29) is 23.3 Å². The number of thioether (sulfide) groups is 1. The van der Waals surface area contributed by atoms with Gasteiger partial charge in [0.2, 0.25) is 27.0 Å². The van der Waals surface area contributed by atoms with Gasteiger partial charge in [-0.15, -0.1) is 10.2 Å². The highest BCUT2D eigenvalue weighted by Crippen LogP contribution is 2.32. The molecule has 0 aliphatic carbocycles. The number of hydrogen-bond acceptors (Lipinski definition) is 10. The van der Waals surface area contributed by atoms with E-state index in [0.717, 1.165) is 33.7 Å². The van der Waals surface area contributed by atoms with Gasteiger partial charge in [0.1, 0.15) is 13.2 Å². The zero-order chi connectivity index (χ0) is 21.7. The average molecular weight is 474 g/mol. The molecule has 1 aromatic heterocycles. The van der Waals surface area contributed by atoms with E-state index in [0.29, 0.717) is 34.7 Å². The minimum absolute atomic E-state index is 0.0911. The Bertz CT molecular complexity index is 1040. The number of carbonyl (C=O) groups is 2. The summed E-state index contributed by atoms with van der Waals surface area (Å²) in [6, 6.07) is 5.16. The van der Waals surface area contributed by atoms with Crippen molar-refractivity contribution < 1.29 is 27.5 Å². The lowest BCUT2D eigenvalue weighted by atomic mass is 10.2. The van der Waals surface area contributed by atoms with Crippen LogP contribution in [0.25, 0.3) is 0 Å². The minimum Gasteiger partial charge on any atom is -0.486 e. The number of ether oxygens (including phenoxy) is 2. The minimum atomic E-state index is -3.46. The van der Waals surface area contributed by atoms with Crippen LogP contribution in [0.3, 0.4) is 0 Å². The fraction of sp³-hybridized carbons (Fsp3) is 0.375. The number of aromatic nitrogens is 2. The molecular formula is C16H19N5O6S3. The van der Waals surface area contributed by atoms with E-state index in [1.54, 1.807) is 18.2 Å². The summed E-state index contributed by atoms with van der Waals surface area (Å²) >= 11 is 2.25. The van der Waals surface area contributed by atoms with Gasteiger partial charge in [-0.2, -0.15) is 4.31 Å². The zero-order valence-corrected chi connectivity index (χ0v) is 18.5. The van der Waals surface area contributed by atoms with Gasteiger partial charge in [-0.05, 0) is 12.1 Å². The Labute approximate surface area is 181 Å². The third kappa shape index (κ3) is 6.29. The van der Waals surface area contributed by atoms with Gasteiger partial charge in [-0.3, -0.25) is 14.9 Å². The molecule has 2 heterocycles. The lowest BCUT2D eigenvalue weighted by molar-refractivity contribution is -0.116. The first-order chi connectivity index (χ1) is 14.2. The van der Waals surface area contributed by atoms with Gasteiger partial charge in [0.15, 0.2) is 15.8 Å². The van der Waals surface area contributed by atoms with Gasteiger partial charge in [0, 0.05) is 18.8 Å². The summed E-state index contributed by atoms with van der Waals surface area (Å²) in [6.45, 7) is 0.619. The molecule has 0 saturated carbocycles. The Morgan fingerprint density at radius 3 is 2.63 bits per heavy atom. The van der Waals surface area contributed by atoms with Gasteiger partial charge in [-0.1, -0.05) is 23.1 Å². The van der Waals surface area contributed by atoms with Crippen molar-refractivity contribution in [2.24, 2.45) is 0 Å². The third-order valence-electron chi connectivity index (χ3n) is 3.74. The maximum Gasteiger partial charge on any atom is 0.241 e. The molecule has 0 atom stereocenters. The first-order valence-electron chi connectivity index (χ1n) is 8.57. The molecule has 2 amide bonds. The first kappa shape index (κ1) is 22.3. The van der Waals surface area contributed by atoms with E-state index >= 15 is 0 Å². The Hall–Kier alpha value is -2.42. The summed E-state index contributed by atoms with van der Waals surface area (Å²) in [5.41, 5.74) is 0.588. The van der Waals surface area contributed by atoms with Crippen LogP contribution in [0.15, 0.2) is 22.5 Å². The number of rotatable bonds is 8. The highest BCUT2D eigenvalue weighted by atomic mass is 32.2. The van der Waals surface area contributed by atoms with Crippen LogP contribution >= 0.6 is 23.1 Å². The van der Waals surface area contributed by atoms with Crippen molar-refractivity contribution in [1.29, 1.82) is 0 Å². The molecule has 1 aromatic carbocycles. The smallest absolute Gasteiger partial charge is 0.241 e. The molecule has 0 saturated heterocycles. The Morgan fingerprint density at radius 1 is 1.17 bits per heavy atom. The summed E-state index contributed by atoms with van der Waals surface area (Å²) in [4.78, 5) is 24.1. The summed E-state index contributed by atoms with van der Waals surface area (Å²) in [5, 5.41) is 13.2. The van der Waals surface area contributed by atoms with E-state index in [4.69, 9.17) is 9.47 Å². The maximum absolute atomic E-state index is 12.2. The lowest BCUT2D eigenvalue weighted by Gasteiger charge is -2.18. The second-order valence-corrected chi connectivity index (χ2v) is 10.4. The highest BCUT2D eigenvalue weighted by Gasteiger charge is 2.17. The lowest BCUT2D eigenvalue weighted by Crippen LogP contribution is -2.34. The van der Waals surface area contributed by atoms with E-state index < -0.39 is 15.9 Å². The summed E-state index contributed by atoms with van der Waals surface area (Å²) in [5.74, 6) is 0.533. The molecule has 0 bridgehead atoms. The summed E-state index contributed by atoms with van der Waals surface area (Å²) < 4.78 is 35.0. The van der Waals surface area contributed by atoms with Crippen LogP contribution < -0.4 is 20.1 Å². The normalized spacial score (nSPS) is 13.2. The van der Waals surface area contributed by atoms with E-state index in [1.165, 1.54) is 7.05 Å². The number of hydrogen-bond donors (Lipinski definition) is 2. The van der Waals surface area contributed by atoms with Crippen molar-refractivity contribution >= 4 is 55.8 Å². The number of fused-ring (bicyclic) bond motifs is 1. The number of nitrogens with one attached hydrogen (secondary N) is 2. The molecular weight excluding hydrogens is 454 g/mol. The number of nitrogens with zero attached hydrogens (tertiary/aromatic N) is 3. The van der Waals surface area contributed by atoms with Crippen LogP contribution in [-0.2, 0) is 19.6 Å². The van der Waals surface area contributed by atoms with Gasteiger partial charge in [0.25, 0.3) is 0 Å². The van der Waals surface area contributed by atoms with Crippen LogP contribution in [0.4, 0.5) is 10.8 Å². The SMILES string of the molecule is CN(CC(=O)Nc1nnc(SCC(=O)Nc2ccc3c(c2)OCCO3)s1)S(C)(=O)=O. The summed E-state index contributed by atoms with van der Waals surface area (Å²) in [6.07, 6.45) is 1.01. The van der Waals surface area contributed by atoms with Gasteiger partial charge in [-0.25, -0.2) is 8.42 Å². The molecule has 1 aliphatic heterocycles. The van der Waals surface area contributed by atoms with Crippen LogP contribution in [0, 0.1) is 0 Å². The van der Waals surface area contributed by atoms with Crippen LogP contribution in [-0.4, -0.2) is 73.5 Å². The predicted molar refractivity (Wildman–Crippen MR) is 113 cm³/mol. The topological polar surface area (TPSA) is 140 Å². The van der Waals surface area contributed by atoms with Gasteiger partial charge < -0.3 is 14.8 Å². The molecule has 14 heteroatoms. The second-order valence-electron chi connectivity index (χ2n) is 6.14. The van der Waals surface area contributed by atoms with Crippen molar-refractivity contribution in [2.45, 2.75) is 4.34 Å². The quantitative estimate of drug-likeness (QED) is 0.422. The Balaban J connectivity index is 1.47. The van der Waals surface area contributed by atoms with Crippen molar-refractivity contribution in [2.75, 3.05) is 49.4 Å². The second kappa shape index (κ2) is 9.59. The van der Waals surface area contributed by atoms with E-state index in [1.807, 2.05) is 0 Å². The van der Waals surface area contributed by atoms with Gasteiger partial charge >= 0.3 is 0 Å². The van der Waals surface area contributed by atoms with Crippen molar-refractivity contribution in [1.82, 2.24) is 14.5 Å². The molecule has 30 heavy (non-hydrogen) atoms. The molecule has 2 aromatic rings. The standard InChI is InChI=1S/C16H19N5O6S3/c1-21(30(2,24)25)8-13(22)18-15-19-20-16(29-15)28-9-14(23)17-10-3-4-11-12(7-10)27-6-5-26-11/h3-4,7H,5-6,8-9H2,1-2H3,(H,17,23)(H,18,19,22).